The van der Waals surface area contributed by atoms with Crippen molar-refractivity contribution in [1.29, 1.82) is 0 Å². The number of hydrogen-bond acceptors (Lipinski definition) is 2. The summed E-state index contributed by atoms with van der Waals surface area (Å²) in [4.78, 5) is 24.1. The maximum atomic E-state index is 11.5. The van der Waals surface area contributed by atoms with Crippen molar-refractivity contribution in [2.45, 2.75) is 32.2 Å². The molecule has 82 valence electrons. The molecule has 3 heteroatoms. The molecule has 0 aromatic heterocycles. The summed E-state index contributed by atoms with van der Waals surface area (Å²) in [6.07, 6.45) is 6.53. The van der Waals surface area contributed by atoms with Gasteiger partial charge in [-0.1, -0.05) is 24.3 Å². The lowest BCUT2D eigenvalue weighted by molar-refractivity contribution is -0.132. The van der Waals surface area contributed by atoms with Crippen LogP contribution in [0.1, 0.15) is 26.2 Å². The Morgan fingerprint density at radius 3 is 2.80 bits per heavy atom. The Morgan fingerprint density at radius 2 is 2.40 bits per heavy atom. The zero-order valence-electron chi connectivity index (χ0n) is 9.11. The second-order valence-electron chi connectivity index (χ2n) is 3.67. The maximum Gasteiger partial charge on any atom is 0.223 e. The van der Waals surface area contributed by atoms with Crippen LogP contribution in [0.2, 0.25) is 0 Å². The van der Waals surface area contributed by atoms with E-state index in [1.54, 1.807) is 11.0 Å². The Balaban J connectivity index is 2.67. The molecule has 15 heavy (non-hydrogen) atoms. The largest absolute Gasteiger partial charge is 0.333 e. The van der Waals surface area contributed by atoms with Crippen LogP contribution in [-0.2, 0) is 9.59 Å². The summed E-state index contributed by atoms with van der Waals surface area (Å²) in [6.45, 7) is 6.29. The van der Waals surface area contributed by atoms with Crippen LogP contribution < -0.4 is 0 Å². The molecule has 1 atom stereocenters. The van der Waals surface area contributed by atoms with Gasteiger partial charge in [0.05, 0.1) is 6.04 Å². The molecule has 1 aliphatic rings. The van der Waals surface area contributed by atoms with Gasteiger partial charge >= 0.3 is 0 Å². The Bertz CT molecular complexity index is 294. The molecular weight excluding hydrogens is 190 g/mol. The van der Waals surface area contributed by atoms with Crippen LogP contribution in [0.15, 0.2) is 24.3 Å². The van der Waals surface area contributed by atoms with Crippen molar-refractivity contribution in [2.75, 3.05) is 6.54 Å². The van der Waals surface area contributed by atoms with Crippen LogP contribution >= 0.6 is 0 Å². The molecule has 0 aromatic carbocycles. The molecule has 0 bridgehead atoms. The highest BCUT2D eigenvalue weighted by atomic mass is 16.2. The van der Waals surface area contributed by atoms with Crippen molar-refractivity contribution in [1.82, 2.24) is 4.90 Å². The smallest absolute Gasteiger partial charge is 0.223 e. The highest BCUT2D eigenvalue weighted by Crippen LogP contribution is 2.17. The van der Waals surface area contributed by atoms with Gasteiger partial charge in [-0.25, -0.2) is 0 Å². The first kappa shape index (κ1) is 11.7. The van der Waals surface area contributed by atoms with Crippen LogP contribution in [0.4, 0.5) is 0 Å². The Kier molecular flexibility index (Phi) is 4.28. The number of amides is 1. The van der Waals surface area contributed by atoms with E-state index in [0.29, 0.717) is 19.4 Å². The summed E-state index contributed by atoms with van der Waals surface area (Å²) in [6, 6.07) is -0.316. The molecule has 0 saturated carbocycles. The average molecular weight is 207 g/mol. The molecule has 0 N–H and O–H groups in total. The van der Waals surface area contributed by atoms with Crippen LogP contribution in [0.25, 0.3) is 0 Å². The van der Waals surface area contributed by atoms with Gasteiger partial charge in [-0.2, -0.15) is 0 Å². The number of carbonyl (C=O) groups excluding carboxylic acids is 2. The SMILES string of the molecule is C=C/C(=C\C)C[C@@H](C=O)N1CCCC1=O. The highest BCUT2D eigenvalue weighted by molar-refractivity contribution is 5.81. The summed E-state index contributed by atoms with van der Waals surface area (Å²) < 4.78 is 0. The predicted molar refractivity (Wildman–Crippen MR) is 59.4 cm³/mol. The molecule has 0 unspecified atom stereocenters. The third-order valence-corrected chi connectivity index (χ3v) is 2.75. The van der Waals surface area contributed by atoms with E-state index >= 15 is 0 Å². The molecule has 1 amide bonds. The van der Waals surface area contributed by atoms with Gasteiger partial charge in [0.25, 0.3) is 0 Å². The van der Waals surface area contributed by atoms with E-state index in [1.807, 2.05) is 13.0 Å². The van der Waals surface area contributed by atoms with Crippen molar-refractivity contribution in [3.05, 3.63) is 24.3 Å². The lowest BCUT2D eigenvalue weighted by Crippen LogP contribution is -2.37. The topological polar surface area (TPSA) is 37.4 Å². The number of allylic oxidation sites excluding steroid dienone is 2. The number of nitrogens with zero attached hydrogens (tertiary/aromatic N) is 1. The van der Waals surface area contributed by atoms with Crippen molar-refractivity contribution in [2.24, 2.45) is 0 Å². The first-order valence-corrected chi connectivity index (χ1v) is 5.25. The fraction of sp³-hybridized carbons (Fsp3) is 0.500. The van der Waals surface area contributed by atoms with Gasteiger partial charge in [0, 0.05) is 13.0 Å². The minimum Gasteiger partial charge on any atom is -0.333 e. The molecule has 1 fully saturated rings. The monoisotopic (exact) mass is 207 g/mol. The van der Waals surface area contributed by atoms with Crippen molar-refractivity contribution < 1.29 is 9.59 Å². The van der Waals surface area contributed by atoms with Crippen molar-refractivity contribution >= 4 is 12.2 Å². The predicted octanol–water partition coefficient (Wildman–Crippen LogP) is 1.70. The maximum absolute atomic E-state index is 11.5. The standard InChI is InChI=1S/C12H17NO2/c1-3-10(4-2)8-11(9-14)13-7-5-6-12(13)15/h3-4,9,11H,1,5-8H2,2H3/b10-4+/t11-/m0/s1. The Morgan fingerprint density at radius 1 is 1.67 bits per heavy atom. The zero-order valence-corrected chi connectivity index (χ0v) is 9.11. The van der Waals surface area contributed by atoms with Gasteiger partial charge in [0.2, 0.25) is 5.91 Å². The van der Waals surface area contributed by atoms with Gasteiger partial charge in [0.15, 0.2) is 0 Å². The Labute approximate surface area is 90.5 Å². The summed E-state index contributed by atoms with van der Waals surface area (Å²) in [5.41, 5.74) is 1.01. The fourth-order valence-electron chi connectivity index (χ4n) is 1.81. The molecule has 1 heterocycles. The van der Waals surface area contributed by atoms with E-state index in [9.17, 15) is 9.59 Å². The number of rotatable bonds is 5. The number of carbonyl (C=O) groups is 2. The summed E-state index contributed by atoms with van der Waals surface area (Å²) in [5, 5.41) is 0. The lowest BCUT2D eigenvalue weighted by Gasteiger charge is -2.23. The molecule has 1 aliphatic heterocycles. The average Bonchev–Trinajstić information content (AvgIpc) is 2.67. The van der Waals surface area contributed by atoms with E-state index in [4.69, 9.17) is 0 Å². The van der Waals surface area contributed by atoms with Gasteiger partial charge in [-0.3, -0.25) is 4.79 Å². The quantitative estimate of drug-likeness (QED) is 0.508. The molecular formula is C12H17NO2. The van der Waals surface area contributed by atoms with E-state index in [0.717, 1.165) is 18.3 Å². The van der Waals surface area contributed by atoms with Gasteiger partial charge < -0.3 is 9.69 Å². The van der Waals surface area contributed by atoms with Gasteiger partial charge in [-0.05, 0) is 19.8 Å². The molecule has 3 nitrogen and oxygen atoms in total. The van der Waals surface area contributed by atoms with E-state index in [1.165, 1.54) is 0 Å². The number of hydrogen-bond donors (Lipinski definition) is 0. The molecule has 0 aromatic rings. The highest BCUT2D eigenvalue weighted by Gasteiger charge is 2.27. The minimum atomic E-state index is -0.316. The molecule has 0 spiro atoms. The van der Waals surface area contributed by atoms with Crippen LogP contribution in [0.5, 0.6) is 0 Å². The fourth-order valence-corrected chi connectivity index (χ4v) is 1.81. The first-order valence-electron chi connectivity index (χ1n) is 5.25. The van der Waals surface area contributed by atoms with Gasteiger partial charge in [0.1, 0.15) is 6.29 Å². The first-order chi connectivity index (χ1) is 7.22. The van der Waals surface area contributed by atoms with E-state index in [-0.39, 0.29) is 11.9 Å². The van der Waals surface area contributed by atoms with E-state index < -0.39 is 0 Å². The van der Waals surface area contributed by atoms with E-state index in [2.05, 4.69) is 6.58 Å². The third-order valence-electron chi connectivity index (χ3n) is 2.75. The zero-order chi connectivity index (χ0) is 11.3. The number of likely N-dealkylation sites (tertiary alicyclic amines) is 1. The second-order valence-corrected chi connectivity index (χ2v) is 3.67. The molecule has 0 aliphatic carbocycles. The third kappa shape index (κ3) is 2.78. The minimum absolute atomic E-state index is 0.0895. The van der Waals surface area contributed by atoms with Crippen LogP contribution in [0.3, 0.4) is 0 Å². The molecule has 0 radical (unpaired) electrons. The van der Waals surface area contributed by atoms with Crippen molar-refractivity contribution in [3.8, 4) is 0 Å². The lowest BCUT2D eigenvalue weighted by atomic mass is 10.1. The number of aldehydes is 1. The van der Waals surface area contributed by atoms with Gasteiger partial charge in [-0.15, -0.1) is 0 Å². The van der Waals surface area contributed by atoms with Crippen LogP contribution in [0, 0.1) is 0 Å². The normalized spacial score (nSPS) is 19.1. The molecule has 1 rings (SSSR count). The molecule has 1 saturated heterocycles. The summed E-state index contributed by atoms with van der Waals surface area (Å²) in [7, 11) is 0. The Hall–Kier alpha value is -1.38. The summed E-state index contributed by atoms with van der Waals surface area (Å²) >= 11 is 0. The van der Waals surface area contributed by atoms with Crippen LogP contribution in [-0.4, -0.2) is 29.7 Å². The second kappa shape index (κ2) is 5.49. The van der Waals surface area contributed by atoms with Crippen molar-refractivity contribution in [3.63, 3.8) is 0 Å². The summed E-state index contributed by atoms with van der Waals surface area (Å²) in [5.74, 6) is 0.0895.